The summed E-state index contributed by atoms with van der Waals surface area (Å²) >= 11 is 1.57. The van der Waals surface area contributed by atoms with Gasteiger partial charge in [0, 0.05) is 12.2 Å². The summed E-state index contributed by atoms with van der Waals surface area (Å²) in [5, 5.41) is 10.3. The van der Waals surface area contributed by atoms with Crippen molar-refractivity contribution in [2.24, 2.45) is 0 Å². The van der Waals surface area contributed by atoms with Gasteiger partial charge in [0.1, 0.15) is 0 Å². The van der Waals surface area contributed by atoms with Crippen LogP contribution in [0, 0.1) is 0 Å². The second kappa shape index (κ2) is 8.02. The Labute approximate surface area is 162 Å². The lowest BCUT2D eigenvalue weighted by atomic mass is 10.2. The van der Waals surface area contributed by atoms with Gasteiger partial charge in [-0.25, -0.2) is 0 Å². The molecule has 27 heavy (non-hydrogen) atoms. The third-order valence-corrected chi connectivity index (χ3v) is 5.50. The maximum atomic E-state index is 12.9. The molecule has 1 amide bonds. The summed E-state index contributed by atoms with van der Waals surface area (Å²) in [6.07, 6.45) is 1.87. The molecule has 0 saturated carbocycles. The number of carbonyl (C=O) groups is 1. The molecular weight excluding hydrogens is 360 g/mol. The minimum atomic E-state index is 0.117. The van der Waals surface area contributed by atoms with Gasteiger partial charge in [0.15, 0.2) is 0 Å². The fourth-order valence-electron chi connectivity index (χ4n) is 3.41. The molecule has 0 atom stereocenters. The molecule has 0 spiro atoms. The van der Waals surface area contributed by atoms with Crippen molar-refractivity contribution < 1.29 is 9.21 Å². The third kappa shape index (κ3) is 3.94. The van der Waals surface area contributed by atoms with E-state index in [0.717, 1.165) is 36.5 Å². The number of fused-ring (bicyclic) bond motifs is 1. The summed E-state index contributed by atoms with van der Waals surface area (Å²) in [5.74, 6) is 1.20. The van der Waals surface area contributed by atoms with Gasteiger partial charge in [0.05, 0.1) is 18.0 Å². The van der Waals surface area contributed by atoms with Crippen LogP contribution in [0.1, 0.15) is 24.8 Å². The molecule has 0 bridgehead atoms. The molecular formula is C20H22N4O2S. The van der Waals surface area contributed by atoms with Gasteiger partial charge in [0.25, 0.3) is 5.89 Å². The lowest BCUT2D eigenvalue weighted by Gasteiger charge is -2.23. The lowest BCUT2D eigenvalue weighted by Crippen LogP contribution is -2.39. The number of para-hydroxylation sites is 1. The van der Waals surface area contributed by atoms with Crippen molar-refractivity contribution in [1.29, 1.82) is 0 Å². The smallest absolute Gasteiger partial charge is 0.257 e. The third-order valence-electron chi connectivity index (χ3n) is 4.64. The molecule has 0 aliphatic carbocycles. The molecule has 4 rings (SSSR count). The number of nitrogens with zero attached hydrogens (tertiary/aromatic N) is 4. The van der Waals surface area contributed by atoms with Crippen molar-refractivity contribution in [3.8, 4) is 10.8 Å². The van der Waals surface area contributed by atoms with Crippen molar-refractivity contribution in [2.45, 2.75) is 26.3 Å². The van der Waals surface area contributed by atoms with E-state index in [1.807, 2.05) is 40.6 Å². The van der Waals surface area contributed by atoms with Crippen LogP contribution < -0.4 is 4.90 Å². The summed E-state index contributed by atoms with van der Waals surface area (Å²) in [6, 6.07) is 12.0. The fourth-order valence-corrected chi connectivity index (χ4v) is 4.06. The monoisotopic (exact) mass is 382 g/mol. The highest BCUT2D eigenvalue weighted by Crippen LogP contribution is 2.28. The van der Waals surface area contributed by atoms with E-state index < -0.39 is 0 Å². The highest BCUT2D eigenvalue weighted by atomic mass is 32.1. The molecule has 140 valence electrons. The van der Waals surface area contributed by atoms with Gasteiger partial charge in [-0.15, -0.1) is 21.5 Å². The van der Waals surface area contributed by atoms with Crippen molar-refractivity contribution in [1.82, 2.24) is 15.1 Å². The number of anilines is 1. The van der Waals surface area contributed by atoms with Crippen LogP contribution in [0.3, 0.4) is 0 Å². The largest absolute Gasteiger partial charge is 0.419 e. The van der Waals surface area contributed by atoms with E-state index in [1.165, 1.54) is 5.56 Å². The second-order valence-corrected chi connectivity index (χ2v) is 7.56. The van der Waals surface area contributed by atoms with Gasteiger partial charge in [0.2, 0.25) is 11.8 Å². The Balaban J connectivity index is 1.43. The number of hydrogen-bond donors (Lipinski definition) is 0. The molecule has 3 aromatic rings. The number of hydrogen-bond acceptors (Lipinski definition) is 6. The fraction of sp³-hybridized carbons (Fsp3) is 0.350. The van der Waals surface area contributed by atoms with Crippen LogP contribution in [0.4, 0.5) is 5.69 Å². The minimum absolute atomic E-state index is 0.117. The van der Waals surface area contributed by atoms with Crippen LogP contribution in [-0.4, -0.2) is 40.6 Å². The van der Waals surface area contributed by atoms with E-state index in [9.17, 15) is 4.79 Å². The van der Waals surface area contributed by atoms with Crippen LogP contribution in [0.2, 0.25) is 0 Å². The Bertz CT molecular complexity index is 906. The topological polar surface area (TPSA) is 62.5 Å². The quantitative estimate of drug-likeness (QED) is 0.625. The number of carbonyl (C=O) groups excluding carboxylic acids is 1. The summed E-state index contributed by atoms with van der Waals surface area (Å²) in [6.45, 7) is 4.49. The van der Waals surface area contributed by atoms with Crippen molar-refractivity contribution in [3.63, 3.8) is 0 Å². The lowest BCUT2D eigenvalue weighted by molar-refractivity contribution is -0.119. The van der Waals surface area contributed by atoms with Gasteiger partial charge in [-0.2, -0.15) is 0 Å². The molecule has 7 heteroatoms. The van der Waals surface area contributed by atoms with Crippen LogP contribution in [0.15, 0.2) is 46.2 Å². The predicted molar refractivity (Wildman–Crippen MR) is 106 cm³/mol. The van der Waals surface area contributed by atoms with E-state index >= 15 is 0 Å². The minimum Gasteiger partial charge on any atom is -0.419 e. The molecule has 0 fully saturated rings. The first-order valence-corrected chi connectivity index (χ1v) is 10.1. The number of thiophene rings is 1. The van der Waals surface area contributed by atoms with Crippen LogP contribution >= 0.6 is 11.3 Å². The average molecular weight is 382 g/mol. The molecule has 0 saturated heterocycles. The van der Waals surface area contributed by atoms with Crippen molar-refractivity contribution in [3.05, 3.63) is 53.2 Å². The van der Waals surface area contributed by atoms with E-state index in [1.54, 1.807) is 11.3 Å². The molecule has 0 radical (unpaired) electrons. The Morgan fingerprint density at radius 1 is 1.26 bits per heavy atom. The Morgan fingerprint density at radius 2 is 2.15 bits per heavy atom. The van der Waals surface area contributed by atoms with E-state index in [-0.39, 0.29) is 5.91 Å². The van der Waals surface area contributed by atoms with Crippen LogP contribution in [0.25, 0.3) is 10.8 Å². The molecule has 2 aromatic heterocycles. The predicted octanol–water partition coefficient (Wildman–Crippen LogP) is 3.60. The zero-order valence-corrected chi connectivity index (χ0v) is 16.1. The molecule has 6 nitrogen and oxygen atoms in total. The Kier molecular flexibility index (Phi) is 5.31. The highest BCUT2D eigenvalue weighted by Gasteiger charge is 2.26. The zero-order valence-electron chi connectivity index (χ0n) is 15.3. The van der Waals surface area contributed by atoms with Gasteiger partial charge in [-0.05, 0) is 42.5 Å². The van der Waals surface area contributed by atoms with E-state index in [4.69, 9.17) is 4.42 Å². The van der Waals surface area contributed by atoms with Crippen molar-refractivity contribution in [2.75, 3.05) is 24.5 Å². The first kappa shape index (κ1) is 17.9. The summed E-state index contributed by atoms with van der Waals surface area (Å²) in [7, 11) is 0. The molecule has 1 aliphatic rings. The first-order chi connectivity index (χ1) is 13.2. The number of benzene rings is 1. The Morgan fingerprint density at radius 3 is 2.96 bits per heavy atom. The van der Waals surface area contributed by atoms with Gasteiger partial charge in [-0.1, -0.05) is 31.2 Å². The van der Waals surface area contributed by atoms with Gasteiger partial charge < -0.3 is 9.32 Å². The van der Waals surface area contributed by atoms with E-state index in [0.29, 0.717) is 24.9 Å². The second-order valence-electron chi connectivity index (χ2n) is 6.61. The first-order valence-electron chi connectivity index (χ1n) is 9.21. The number of rotatable bonds is 7. The summed E-state index contributed by atoms with van der Waals surface area (Å²) in [4.78, 5) is 17.8. The summed E-state index contributed by atoms with van der Waals surface area (Å²) < 4.78 is 5.79. The number of aromatic nitrogens is 2. The molecule has 1 aromatic carbocycles. The zero-order chi connectivity index (χ0) is 18.6. The maximum absolute atomic E-state index is 12.9. The van der Waals surface area contributed by atoms with E-state index in [2.05, 4.69) is 28.1 Å². The van der Waals surface area contributed by atoms with Crippen LogP contribution in [0.5, 0.6) is 0 Å². The van der Waals surface area contributed by atoms with Gasteiger partial charge in [-0.3, -0.25) is 9.69 Å². The van der Waals surface area contributed by atoms with Crippen molar-refractivity contribution >= 4 is 22.9 Å². The SMILES string of the molecule is CCCN(CC(=O)N1CCc2ccccc21)Cc1nnc(-c2cccs2)o1. The van der Waals surface area contributed by atoms with Crippen LogP contribution in [-0.2, 0) is 17.8 Å². The standard InChI is InChI=1S/C20H22N4O2S/c1-2-10-23(13-18-21-22-20(26-18)17-8-5-12-27-17)14-19(25)24-11-9-15-6-3-4-7-16(15)24/h3-8,12H,2,9-11,13-14H2,1H3. The molecule has 0 N–H and O–H groups in total. The van der Waals surface area contributed by atoms with Gasteiger partial charge >= 0.3 is 0 Å². The normalized spacial score (nSPS) is 13.3. The average Bonchev–Trinajstić information content (AvgIpc) is 3.41. The maximum Gasteiger partial charge on any atom is 0.257 e. The Hall–Kier alpha value is -2.51. The molecule has 1 aliphatic heterocycles. The molecule has 0 unspecified atom stereocenters. The number of amides is 1. The molecule has 3 heterocycles. The summed E-state index contributed by atoms with van der Waals surface area (Å²) in [5.41, 5.74) is 2.28. The highest BCUT2D eigenvalue weighted by molar-refractivity contribution is 7.13.